The first-order valence-electron chi connectivity index (χ1n) is 6.48. The molecule has 22 heavy (non-hydrogen) atoms. The molecule has 0 aromatic rings. The lowest BCUT2D eigenvalue weighted by molar-refractivity contribution is -0.195. The predicted octanol–water partition coefficient (Wildman–Crippen LogP) is -0.299. The monoisotopic (exact) mass is 318 g/mol. The second kappa shape index (κ2) is 7.74. The molecule has 1 saturated heterocycles. The molecule has 9 heteroatoms. The summed E-state index contributed by atoms with van der Waals surface area (Å²) in [7, 11) is 1.19. The van der Waals surface area contributed by atoms with Gasteiger partial charge in [0, 0.05) is 20.8 Å². The molecule has 1 fully saturated rings. The standard InChI is InChI=1S/C13H18O9/c1-6(14)19-11-9(5-10(17)18-4)22-13(21-8(3)16)12(11)20-7(2)15/h9,11-13H,5H2,1-4H3/t9-,11-,12-,13?/m1/s1. The Kier molecular flexibility index (Phi) is 6.29. The quantitative estimate of drug-likeness (QED) is 0.497. The van der Waals surface area contributed by atoms with Crippen LogP contribution >= 0.6 is 0 Å². The summed E-state index contributed by atoms with van der Waals surface area (Å²) in [5, 5.41) is 0. The van der Waals surface area contributed by atoms with Gasteiger partial charge in [0.15, 0.2) is 6.10 Å². The molecule has 4 atom stereocenters. The van der Waals surface area contributed by atoms with Crippen LogP contribution in [-0.2, 0) is 42.9 Å². The fourth-order valence-electron chi connectivity index (χ4n) is 2.01. The molecule has 0 spiro atoms. The molecule has 9 nitrogen and oxygen atoms in total. The average molecular weight is 318 g/mol. The SMILES string of the molecule is COC(=O)C[C@H]1OC(OC(C)=O)[C@H](OC(C)=O)[C@@H]1OC(C)=O. The van der Waals surface area contributed by atoms with Gasteiger partial charge in [0.25, 0.3) is 0 Å². The summed E-state index contributed by atoms with van der Waals surface area (Å²) in [5.41, 5.74) is 0. The molecule has 0 aromatic carbocycles. The summed E-state index contributed by atoms with van der Waals surface area (Å²) in [5.74, 6) is -2.64. The van der Waals surface area contributed by atoms with Gasteiger partial charge in [-0.15, -0.1) is 0 Å². The zero-order valence-electron chi connectivity index (χ0n) is 12.7. The molecule has 1 aliphatic heterocycles. The van der Waals surface area contributed by atoms with E-state index in [1.807, 2.05) is 0 Å². The van der Waals surface area contributed by atoms with Gasteiger partial charge in [-0.25, -0.2) is 0 Å². The molecule has 0 N–H and O–H groups in total. The van der Waals surface area contributed by atoms with Crippen molar-refractivity contribution in [2.45, 2.75) is 51.8 Å². The molecule has 1 heterocycles. The van der Waals surface area contributed by atoms with Gasteiger partial charge < -0.3 is 23.7 Å². The number of hydrogen-bond donors (Lipinski definition) is 0. The van der Waals surface area contributed by atoms with Crippen LogP contribution in [-0.4, -0.2) is 55.6 Å². The van der Waals surface area contributed by atoms with E-state index in [-0.39, 0.29) is 6.42 Å². The Bertz CT molecular complexity index is 458. The van der Waals surface area contributed by atoms with Crippen molar-refractivity contribution in [3.63, 3.8) is 0 Å². The maximum atomic E-state index is 11.4. The van der Waals surface area contributed by atoms with E-state index >= 15 is 0 Å². The lowest BCUT2D eigenvalue weighted by Crippen LogP contribution is -2.41. The van der Waals surface area contributed by atoms with Crippen LogP contribution in [0.4, 0.5) is 0 Å². The molecule has 0 amide bonds. The Balaban J connectivity index is 2.99. The van der Waals surface area contributed by atoms with Crippen molar-refractivity contribution in [1.29, 1.82) is 0 Å². The van der Waals surface area contributed by atoms with E-state index in [1.54, 1.807) is 0 Å². The predicted molar refractivity (Wildman–Crippen MR) is 68.2 cm³/mol. The minimum Gasteiger partial charge on any atom is -0.469 e. The minimum atomic E-state index is -1.28. The Hall–Kier alpha value is -2.16. The molecule has 1 rings (SSSR count). The van der Waals surface area contributed by atoms with E-state index in [9.17, 15) is 19.2 Å². The van der Waals surface area contributed by atoms with Crippen molar-refractivity contribution >= 4 is 23.9 Å². The maximum absolute atomic E-state index is 11.4. The van der Waals surface area contributed by atoms with Crippen molar-refractivity contribution in [1.82, 2.24) is 0 Å². The Morgan fingerprint density at radius 1 is 0.864 bits per heavy atom. The van der Waals surface area contributed by atoms with Crippen LogP contribution < -0.4 is 0 Å². The summed E-state index contributed by atoms with van der Waals surface area (Å²) in [4.78, 5) is 44.9. The van der Waals surface area contributed by atoms with Gasteiger partial charge in [-0.2, -0.15) is 0 Å². The van der Waals surface area contributed by atoms with E-state index in [4.69, 9.17) is 18.9 Å². The third-order valence-electron chi connectivity index (χ3n) is 2.75. The first-order valence-corrected chi connectivity index (χ1v) is 6.48. The fourth-order valence-corrected chi connectivity index (χ4v) is 2.01. The molecular weight excluding hydrogens is 300 g/mol. The summed E-state index contributed by atoms with van der Waals surface area (Å²) in [6.45, 7) is 3.44. The highest BCUT2D eigenvalue weighted by Crippen LogP contribution is 2.30. The van der Waals surface area contributed by atoms with Crippen LogP contribution in [0.2, 0.25) is 0 Å². The smallest absolute Gasteiger partial charge is 0.308 e. The summed E-state index contributed by atoms with van der Waals surface area (Å²) >= 11 is 0. The highest BCUT2D eigenvalue weighted by Gasteiger charge is 2.51. The Morgan fingerprint density at radius 3 is 1.82 bits per heavy atom. The topological polar surface area (TPSA) is 114 Å². The van der Waals surface area contributed by atoms with Crippen molar-refractivity contribution < 1.29 is 42.9 Å². The van der Waals surface area contributed by atoms with Crippen LogP contribution in [0.25, 0.3) is 0 Å². The molecule has 0 aromatic heterocycles. The van der Waals surface area contributed by atoms with Gasteiger partial charge in [-0.05, 0) is 0 Å². The average Bonchev–Trinajstić information content (AvgIpc) is 2.66. The second-order valence-electron chi connectivity index (χ2n) is 4.58. The first kappa shape index (κ1) is 17.9. The fraction of sp³-hybridized carbons (Fsp3) is 0.692. The van der Waals surface area contributed by atoms with Crippen LogP contribution in [0, 0.1) is 0 Å². The van der Waals surface area contributed by atoms with Crippen molar-refractivity contribution in [3.8, 4) is 0 Å². The van der Waals surface area contributed by atoms with E-state index in [0.29, 0.717) is 0 Å². The highest BCUT2D eigenvalue weighted by atomic mass is 16.7. The number of ether oxygens (including phenoxy) is 5. The Labute approximate surface area is 126 Å². The molecule has 0 radical (unpaired) electrons. The first-order chi connectivity index (χ1) is 10.2. The number of methoxy groups -OCH3 is 1. The van der Waals surface area contributed by atoms with Gasteiger partial charge in [-0.1, -0.05) is 0 Å². The number of carbonyl (C=O) groups is 4. The van der Waals surface area contributed by atoms with E-state index in [1.165, 1.54) is 7.11 Å². The molecule has 124 valence electrons. The van der Waals surface area contributed by atoms with Gasteiger partial charge in [0.2, 0.25) is 12.4 Å². The van der Waals surface area contributed by atoms with Gasteiger partial charge >= 0.3 is 23.9 Å². The van der Waals surface area contributed by atoms with Crippen molar-refractivity contribution in [2.75, 3.05) is 7.11 Å². The molecule has 1 unspecified atom stereocenters. The van der Waals surface area contributed by atoms with E-state index in [0.717, 1.165) is 20.8 Å². The van der Waals surface area contributed by atoms with Crippen molar-refractivity contribution in [2.24, 2.45) is 0 Å². The normalized spacial score (nSPS) is 26.9. The molecule has 0 saturated carbocycles. The summed E-state index contributed by atoms with van der Waals surface area (Å²) in [6, 6.07) is 0. The van der Waals surface area contributed by atoms with Gasteiger partial charge in [0.05, 0.1) is 13.5 Å². The van der Waals surface area contributed by atoms with Crippen LogP contribution in [0.15, 0.2) is 0 Å². The zero-order chi connectivity index (χ0) is 16.9. The highest BCUT2D eigenvalue weighted by molar-refractivity contribution is 5.71. The summed E-state index contributed by atoms with van der Waals surface area (Å²) in [6.07, 6.45) is -4.76. The molecular formula is C13H18O9. The zero-order valence-corrected chi connectivity index (χ0v) is 12.7. The van der Waals surface area contributed by atoms with Crippen LogP contribution in [0.1, 0.15) is 27.2 Å². The molecule has 0 bridgehead atoms. The number of carbonyl (C=O) groups excluding carboxylic acids is 4. The summed E-state index contributed by atoms with van der Waals surface area (Å²) < 4.78 is 24.9. The number of rotatable bonds is 5. The van der Waals surface area contributed by atoms with E-state index in [2.05, 4.69) is 4.74 Å². The second-order valence-corrected chi connectivity index (χ2v) is 4.58. The van der Waals surface area contributed by atoms with Crippen molar-refractivity contribution in [3.05, 3.63) is 0 Å². The molecule has 1 aliphatic rings. The van der Waals surface area contributed by atoms with E-state index < -0.39 is 48.5 Å². The lowest BCUT2D eigenvalue weighted by atomic mass is 10.1. The number of esters is 4. The van der Waals surface area contributed by atoms with Crippen LogP contribution in [0.3, 0.4) is 0 Å². The van der Waals surface area contributed by atoms with Crippen LogP contribution in [0.5, 0.6) is 0 Å². The molecule has 0 aliphatic carbocycles. The maximum Gasteiger partial charge on any atom is 0.308 e. The van der Waals surface area contributed by atoms with Gasteiger partial charge in [0.1, 0.15) is 6.10 Å². The lowest BCUT2D eigenvalue weighted by Gasteiger charge is -2.22. The Morgan fingerprint density at radius 2 is 1.36 bits per heavy atom. The minimum absolute atomic E-state index is 0.260. The number of hydrogen-bond acceptors (Lipinski definition) is 9. The third kappa shape index (κ3) is 4.99. The van der Waals surface area contributed by atoms with Gasteiger partial charge in [-0.3, -0.25) is 19.2 Å². The largest absolute Gasteiger partial charge is 0.469 e. The third-order valence-corrected chi connectivity index (χ3v) is 2.75.